The number of amides is 1. The van der Waals surface area contributed by atoms with Crippen LogP contribution in [0.5, 0.6) is 17.2 Å². The summed E-state index contributed by atoms with van der Waals surface area (Å²) in [5.74, 6) is 0.0829. The van der Waals surface area contributed by atoms with E-state index in [1.54, 1.807) is 6.92 Å². The van der Waals surface area contributed by atoms with Crippen molar-refractivity contribution in [1.82, 2.24) is 5.43 Å². The molecular weight excluding hydrogens is 463 g/mol. The van der Waals surface area contributed by atoms with Crippen LogP contribution in [0.1, 0.15) is 59.1 Å². The zero-order chi connectivity index (χ0) is 24.8. The summed E-state index contributed by atoms with van der Waals surface area (Å²) >= 11 is 12.2. The quantitative estimate of drug-likeness (QED) is 0.314. The Morgan fingerprint density at radius 1 is 1.12 bits per heavy atom. The largest absolute Gasteiger partial charge is 0.504 e. The molecule has 0 spiro atoms. The van der Waals surface area contributed by atoms with Crippen LogP contribution in [0.3, 0.4) is 0 Å². The monoisotopic (exact) mass is 494 g/mol. The Balaban J connectivity index is 1.96. The number of phenolic OH excluding ortho intramolecular Hbond substituents is 1. The zero-order valence-corrected chi connectivity index (χ0v) is 21.5. The summed E-state index contributed by atoms with van der Waals surface area (Å²) in [7, 11) is 0. The number of nitrogens with one attached hydrogen (secondary N) is 1. The summed E-state index contributed by atoms with van der Waals surface area (Å²) in [5, 5.41) is 14.4. The summed E-state index contributed by atoms with van der Waals surface area (Å²) in [6.07, 6.45) is 2.24. The molecule has 0 saturated heterocycles. The van der Waals surface area contributed by atoms with Crippen LogP contribution >= 0.6 is 23.2 Å². The standard InChI is InChI=1S/C25H32Cl2N2O4/c1-7-32-20-12-19(26)22(27)18(23(20)31)13-28-29-21(30)14-33-17-10-8-16(9-11-17)25(5,6)15-24(2,3)4/h8-13,31H,7,14-15H2,1-6H3,(H,29,30)/b28-13-. The first-order chi connectivity index (χ1) is 15.3. The number of rotatable bonds is 9. The topological polar surface area (TPSA) is 80.2 Å². The molecule has 0 aromatic heterocycles. The van der Waals surface area contributed by atoms with Gasteiger partial charge in [0.25, 0.3) is 5.91 Å². The van der Waals surface area contributed by atoms with Crippen molar-refractivity contribution in [2.45, 2.75) is 53.4 Å². The van der Waals surface area contributed by atoms with Gasteiger partial charge in [-0.25, -0.2) is 5.43 Å². The van der Waals surface area contributed by atoms with Gasteiger partial charge < -0.3 is 14.6 Å². The molecule has 1 amide bonds. The number of hydrogen-bond acceptors (Lipinski definition) is 5. The Bertz CT molecular complexity index is 997. The van der Waals surface area contributed by atoms with Gasteiger partial charge in [0.2, 0.25) is 0 Å². The molecule has 0 aliphatic carbocycles. The number of benzene rings is 2. The number of phenols is 1. The predicted octanol–water partition coefficient (Wildman–Crippen LogP) is 6.34. The number of halogens is 2. The van der Waals surface area contributed by atoms with E-state index in [-0.39, 0.29) is 44.5 Å². The molecule has 8 heteroatoms. The minimum absolute atomic E-state index is 0.0259. The summed E-state index contributed by atoms with van der Waals surface area (Å²) in [6.45, 7) is 13.0. The van der Waals surface area contributed by atoms with Crippen LogP contribution in [0.15, 0.2) is 35.4 Å². The molecule has 0 aliphatic rings. The van der Waals surface area contributed by atoms with Crippen molar-refractivity contribution in [3.05, 3.63) is 51.5 Å². The average molecular weight is 495 g/mol. The van der Waals surface area contributed by atoms with Crippen molar-refractivity contribution >= 4 is 35.3 Å². The Hall–Kier alpha value is -2.44. The lowest BCUT2D eigenvalue weighted by molar-refractivity contribution is -0.123. The fourth-order valence-corrected chi connectivity index (χ4v) is 4.17. The number of hydrogen-bond donors (Lipinski definition) is 2. The van der Waals surface area contributed by atoms with Crippen molar-refractivity contribution in [2.24, 2.45) is 10.5 Å². The average Bonchev–Trinajstić information content (AvgIpc) is 2.71. The van der Waals surface area contributed by atoms with Crippen LogP contribution in [-0.2, 0) is 10.2 Å². The number of carbonyl (C=O) groups is 1. The van der Waals surface area contributed by atoms with Gasteiger partial charge in [0, 0.05) is 6.07 Å². The number of aromatic hydroxyl groups is 1. The normalized spacial score (nSPS) is 12.1. The molecule has 0 unspecified atom stereocenters. The number of ether oxygens (including phenoxy) is 2. The number of nitrogens with zero attached hydrogens (tertiary/aromatic N) is 1. The van der Waals surface area contributed by atoms with Crippen molar-refractivity contribution in [1.29, 1.82) is 0 Å². The van der Waals surface area contributed by atoms with Crippen molar-refractivity contribution < 1.29 is 19.4 Å². The Kier molecular flexibility index (Phi) is 9.04. The molecular formula is C25H32Cl2N2O4. The molecule has 2 aromatic carbocycles. The molecule has 33 heavy (non-hydrogen) atoms. The Morgan fingerprint density at radius 2 is 1.76 bits per heavy atom. The van der Waals surface area contributed by atoms with Crippen LogP contribution in [0.4, 0.5) is 0 Å². The minimum Gasteiger partial charge on any atom is -0.504 e. The van der Waals surface area contributed by atoms with Crippen molar-refractivity contribution in [3.63, 3.8) is 0 Å². The lowest BCUT2D eigenvalue weighted by atomic mass is 9.72. The van der Waals surface area contributed by atoms with E-state index in [0.717, 1.165) is 6.42 Å². The summed E-state index contributed by atoms with van der Waals surface area (Å²) in [5.41, 5.74) is 3.93. The predicted molar refractivity (Wildman–Crippen MR) is 134 cm³/mol. The van der Waals surface area contributed by atoms with E-state index in [1.165, 1.54) is 17.8 Å². The maximum atomic E-state index is 12.1. The van der Waals surface area contributed by atoms with Gasteiger partial charge in [-0.2, -0.15) is 5.10 Å². The van der Waals surface area contributed by atoms with Gasteiger partial charge in [-0.05, 0) is 41.9 Å². The van der Waals surface area contributed by atoms with Crippen molar-refractivity contribution in [3.8, 4) is 17.2 Å². The maximum absolute atomic E-state index is 12.1. The molecule has 0 atom stereocenters. The van der Waals surface area contributed by atoms with Gasteiger partial charge in [0.15, 0.2) is 18.1 Å². The summed E-state index contributed by atoms with van der Waals surface area (Å²) in [4.78, 5) is 12.1. The molecule has 2 aromatic rings. The third-order valence-corrected chi connectivity index (χ3v) is 5.66. The van der Waals surface area contributed by atoms with Crippen LogP contribution in [0.2, 0.25) is 10.0 Å². The van der Waals surface area contributed by atoms with E-state index >= 15 is 0 Å². The first-order valence-electron chi connectivity index (χ1n) is 10.7. The molecule has 2 rings (SSSR count). The molecule has 0 aliphatic heterocycles. The van der Waals surface area contributed by atoms with E-state index in [0.29, 0.717) is 12.4 Å². The fraction of sp³-hybridized carbons (Fsp3) is 0.440. The second-order valence-electron chi connectivity index (χ2n) is 9.59. The fourth-order valence-electron chi connectivity index (χ4n) is 3.78. The second kappa shape index (κ2) is 11.1. The lowest BCUT2D eigenvalue weighted by Crippen LogP contribution is -2.25. The highest BCUT2D eigenvalue weighted by Crippen LogP contribution is 2.39. The van der Waals surface area contributed by atoms with E-state index in [4.69, 9.17) is 32.7 Å². The van der Waals surface area contributed by atoms with Crippen LogP contribution in [0.25, 0.3) is 0 Å². The highest BCUT2D eigenvalue weighted by Gasteiger charge is 2.27. The molecule has 0 heterocycles. The lowest BCUT2D eigenvalue weighted by Gasteiger charge is -2.33. The van der Waals surface area contributed by atoms with Gasteiger partial charge >= 0.3 is 0 Å². The smallest absolute Gasteiger partial charge is 0.277 e. The molecule has 180 valence electrons. The SMILES string of the molecule is CCOc1cc(Cl)c(Cl)c(/C=N\NC(=O)COc2ccc(C(C)(C)CC(C)(C)C)cc2)c1O. The number of carbonyl (C=O) groups excluding carboxylic acids is 1. The van der Waals surface area contributed by atoms with E-state index < -0.39 is 5.91 Å². The van der Waals surface area contributed by atoms with Crippen molar-refractivity contribution in [2.75, 3.05) is 13.2 Å². The van der Waals surface area contributed by atoms with Gasteiger partial charge in [0.1, 0.15) is 5.75 Å². The second-order valence-corrected chi connectivity index (χ2v) is 10.4. The molecule has 6 nitrogen and oxygen atoms in total. The third kappa shape index (κ3) is 7.83. The van der Waals surface area contributed by atoms with Gasteiger partial charge in [-0.15, -0.1) is 0 Å². The summed E-state index contributed by atoms with van der Waals surface area (Å²) < 4.78 is 10.9. The van der Waals surface area contributed by atoms with E-state index in [1.807, 2.05) is 24.3 Å². The Morgan fingerprint density at radius 3 is 2.33 bits per heavy atom. The third-order valence-electron chi connectivity index (χ3n) is 4.85. The van der Waals surface area contributed by atoms with Crippen LogP contribution in [0, 0.1) is 5.41 Å². The highest BCUT2D eigenvalue weighted by atomic mass is 35.5. The first kappa shape index (κ1) is 26.8. The first-order valence-corrected chi connectivity index (χ1v) is 11.5. The molecule has 2 N–H and O–H groups in total. The van der Waals surface area contributed by atoms with Gasteiger partial charge in [-0.3, -0.25) is 4.79 Å². The number of hydrazone groups is 1. The Labute approximate surface area is 205 Å². The van der Waals surface area contributed by atoms with Crippen LogP contribution < -0.4 is 14.9 Å². The molecule has 0 fully saturated rings. The minimum atomic E-state index is -0.467. The maximum Gasteiger partial charge on any atom is 0.277 e. The van der Waals surface area contributed by atoms with Gasteiger partial charge in [-0.1, -0.05) is 70.0 Å². The van der Waals surface area contributed by atoms with Crippen LogP contribution in [-0.4, -0.2) is 30.4 Å². The molecule has 0 bridgehead atoms. The van der Waals surface area contributed by atoms with E-state index in [9.17, 15) is 9.90 Å². The van der Waals surface area contributed by atoms with Gasteiger partial charge in [0.05, 0.1) is 28.4 Å². The highest BCUT2D eigenvalue weighted by molar-refractivity contribution is 6.43. The zero-order valence-electron chi connectivity index (χ0n) is 20.0. The molecule has 0 saturated carbocycles. The van der Waals surface area contributed by atoms with E-state index in [2.05, 4.69) is 45.1 Å². The molecule has 0 radical (unpaired) electrons. The summed E-state index contributed by atoms with van der Waals surface area (Å²) in [6, 6.07) is 9.18.